The van der Waals surface area contributed by atoms with Gasteiger partial charge in [-0.3, -0.25) is 0 Å². The fourth-order valence-corrected chi connectivity index (χ4v) is 1.93. The lowest BCUT2D eigenvalue weighted by Gasteiger charge is -2.19. The molecule has 0 aromatic heterocycles. The van der Waals surface area contributed by atoms with E-state index in [-0.39, 0.29) is 0 Å². The van der Waals surface area contributed by atoms with Gasteiger partial charge in [0.05, 0.1) is 7.11 Å². The Morgan fingerprint density at radius 1 is 1.22 bits per heavy atom. The van der Waals surface area contributed by atoms with Gasteiger partial charge in [0.15, 0.2) is 0 Å². The van der Waals surface area contributed by atoms with Crippen LogP contribution in [0.2, 0.25) is 0 Å². The molecule has 0 amide bonds. The summed E-state index contributed by atoms with van der Waals surface area (Å²) in [5.74, 6) is 0.923. The molecule has 0 heterocycles. The summed E-state index contributed by atoms with van der Waals surface area (Å²) >= 11 is 0. The lowest BCUT2D eigenvalue weighted by atomic mass is 10.2. The van der Waals surface area contributed by atoms with E-state index in [0.717, 1.165) is 25.4 Å². The van der Waals surface area contributed by atoms with Crippen molar-refractivity contribution in [2.75, 3.05) is 38.7 Å². The molecule has 0 atom stereocenters. The second-order valence-electron chi connectivity index (χ2n) is 4.54. The van der Waals surface area contributed by atoms with Crippen molar-refractivity contribution in [3.63, 3.8) is 0 Å². The van der Waals surface area contributed by atoms with Gasteiger partial charge in [-0.05, 0) is 38.1 Å². The topological polar surface area (TPSA) is 24.5 Å². The molecule has 0 radical (unpaired) electrons. The summed E-state index contributed by atoms with van der Waals surface area (Å²) in [5, 5.41) is 3.35. The molecule has 0 spiro atoms. The van der Waals surface area contributed by atoms with Crippen molar-refractivity contribution in [2.45, 2.75) is 26.2 Å². The van der Waals surface area contributed by atoms with Crippen LogP contribution >= 0.6 is 0 Å². The standard InChI is InChI=1S/C15H26N2O/c1-4-16-11-6-5-7-12-17(2)14-9-8-10-15(13-14)18-3/h8-10,13,16H,4-7,11-12H2,1-3H3. The highest BCUT2D eigenvalue weighted by atomic mass is 16.5. The molecule has 1 rings (SSSR count). The van der Waals surface area contributed by atoms with Crippen LogP contribution in [-0.4, -0.2) is 33.8 Å². The Hall–Kier alpha value is -1.22. The third kappa shape index (κ3) is 5.41. The summed E-state index contributed by atoms with van der Waals surface area (Å²) in [6.45, 7) is 5.46. The van der Waals surface area contributed by atoms with Crippen LogP contribution < -0.4 is 15.0 Å². The average Bonchev–Trinajstić information content (AvgIpc) is 2.42. The summed E-state index contributed by atoms with van der Waals surface area (Å²) in [7, 11) is 3.85. The van der Waals surface area contributed by atoms with E-state index in [1.54, 1.807) is 7.11 Å². The maximum Gasteiger partial charge on any atom is 0.120 e. The number of unbranched alkanes of at least 4 members (excludes halogenated alkanes) is 2. The van der Waals surface area contributed by atoms with Gasteiger partial charge in [0, 0.05) is 25.3 Å². The van der Waals surface area contributed by atoms with E-state index >= 15 is 0 Å². The van der Waals surface area contributed by atoms with Crippen LogP contribution in [0.1, 0.15) is 26.2 Å². The molecule has 3 nitrogen and oxygen atoms in total. The van der Waals surface area contributed by atoms with Crippen molar-refractivity contribution < 1.29 is 4.74 Å². The van der Waals surface area contributed by atoms with E-state index in [1.807, 2.05) is 12.1 Å². The van der Waals surface area contributed by atoms with Gasteiger partial charge in [0.1, 0.15) is 5.75 Å². The molecular weight excluding hydrogens is 224 g/mol. The van der Waals surface area contributed by atoms with Crippen molar-refractivity contribution in [1.29, 1.82) is 0 Å². The number of hydrogen-bond donors (Lipinski definition) is 1. The number of anilines is 1. The molecular formula is C15H26N2O. The Morgan fingerprint density at radius 3 is 2.78 bits per heavy atom. The zero-order valence-electron chi connectivity index (χ0n) is 11.9. The number of hydrogen-bond acceptors (Lipinski definition) is 3. The maximum absolute atomic E-state index is 5.24. The molecule has 0 saturated carbocycles. The number of rotatable bonds is 9. The van der Waals surface area contributed by atoms with Gasteiger partial charge >= 0.3 is 0 Å². The lowest BCUT2D eigenvalue weighted by molar-refractivity contribution is 0.415. The van der Waals surface area contributed by atoms with E-state index in [0.29, 0.717) is 0 Å². The summed E-state index contributed by atoms with van der Waals surface area (Å²) in [6.07, 6.45) is 3.78. The van der Waals surface area contributed by atoms with Crippen molar-refractivity contribution in [3.05, 3.63) is 24.3 Å². The summed E-state index contributed by atoms with van der Waals surface area (Å²) < 4.78 is 5.24. The fraction of sp³-hybridized carbons (Fsp3) is 0.600. The predicted molar refractivity (Wildman–Crippen MR) is 78.7 cm³/mol. The minimum atomic E-state index is 0.923. The molecule has 18 heavy (non-hydrogen) atoms. The molecule has 0 fully saturated rings. The molecule has 0 bridgehead atoms. The van der Waals surface area contributed by atoms with Crippen LogP contribution in [0, 0.1) is 0 Å². The minimum absolute atomic E-state index is 0.923. The quantitative estimate of drug-likeness (QED) is 0.682. The molecule has 0 aliphatic heterocycles. The summed E-state index contributed by atoms with van der Waals surface area (Å²) in [5.41, 5.74) is 1.22. The number of methoxy groups -OCH3 is 1. The van der Waals surface area contributed by atoms with Crippen LogP contribution in [-0.2, 0) is 0 Å². The van der Waals surface area contributed by atoms with Crippen LogP contribution in [0.3, 0.4) is 0 Å². The average molecular weight is 250 g/mol. The highest BCUT2D eigenvalue weighted by molar-refractivity contribution is 5.49. The molecule has 3 heteroatoms. The zero-order valence-corrected chi connectivity index (χ0v) is 11.9. The Morgan fingerprint density at radius 2 is 2.06 bits per heavy atom. The first kappa shape index (κ1) is 14.8. The Labute approximate surface area is 111 Å². The molecule has 0 aliphatic rings. The first-order valence-corrected chi connectivity index (χ1v) is 6.84. The van der Waals surface area contributed by atoms with Gasteiger partial charge in [0.25, 0.3) is 0 Å². The van der Waals surface area contributed by atoms with Gasteiger partial charge in [-0.25, -0.2) is 0 Å². The van der Waals surface area contributed by atoms with Crippen molar-refractivity contribution >= 4 is 5.69 Å². The van der Waals surface area contributed by atoms with Gasteiger partial charge < -0.3 is 15.0 Å². The fourth-order valence-electron chi connectivity index (χ4n) is 1.93. The number of benzene rings is 1. The van der Waals surface area contributed by atoms with Gasteiger partial charge in [-0.15, -0.1) is 0 Å². The van der Waals surface area contributed by atoms with Crippen molar-refractivity contribution in [3.8, 4) is 5.75 Å². The second-order valence-corrected chi connectivity index (χ2v) is 4.54. The maximum atomic E-state index is 5.24. The number of nitrogens with one attached hydrogen (secondary N) is 1. The van der Waals surface area contributed by atoms with Crippen LogP contribution in [0.4, 0.5) is 5.69 Å². The minimum Gasteiger partial charge on any atom is -0.497 e. The van der Waals surface area contributed by atoms with E-state index in [4.69, 9.17) is 4.74 Å². The zero-order chi connectivity index (χ0) is 13.2. The van der Waals surface area contributed by atoms with Gasteiger partial charge in [-0.1, -0.05) is 19.4 Å². The van der Waals surface area contributed by atoms with E-state index in [9.17, 15) is 0 Å². The number of nitrogens with zero attached hydrogens (tertiary/aromatic N) is 1. The Kier molecular flexibility index (Phi) is 7.26. The highest BCUT2D eigenvalue weighted by Crippen LogP contribution is 2.20. The van der Waals surface area contributed by atoms with Gasteiger partial charge in [0.2, 0.25) is 0 Å². The summed E-state index contributed by atoms with van der Waals surface area (Å²) in [6, 6.07) is 8.23. The molecule has 1 aromatic rings. The van der Waals surface area contributed by atoms with E-state index in [2.05, 4.69) is 36.3 Å². The second kappa shape index (κ2) is 8.81. The molecule has 1 N–H and O–H groups in total. The SMILES string of the molecule is CCNCCCCCN(C)c1cccc(OC)c1. The first-order chi connectivity index (χ1) is 8.77. The van der Waals surface area contributed by atoms with Gasteiger partial charge in [-0.2, -0.15) is 0 Å². The van der Waals surface area contributed by atoms with Crippen LogP contribution in [0.15, 0.2) is 24.3 Å². The third-order valence-corrected chi connectivity index (χ3v) is 3.09. The molecule has 0 aliphatic carbocycles. The molecule has 1 aromatic carbocycles. The Bertz CT molecular complexity index is 328. The van der Waals surface area contributed by atoms with Crippen LogP contribution in [0.5, 0.6) is 5.75 Å². The number of ether oxygens (including phenoxy) is 1. The Balaban J connectivity index is 2.25. The lowest BCUT2D eigenvalue weighted by Crippen LogP contribution is -2.19. The van der Waals surface area contributed by atoms with Crippen molar-refractivity contribution in [1.82, 2.24) is 5.32 Å². The normalized spacial score (nSPS) is 10.4. The molecule has 0 saturated heterocycles. The van der Waals surface area contributed by atoms with Crippen LogP contribution in [0.25, 0.3) is 0 Å². The predicted octanol–water partition coefficient (Wildman–Crippen LogP) is 2.91. The summed E-state index contributed by atoms with van der Waals surface area (Å²) in [4.78, 5) is 2.29. The highest BCUT2D eigenvalue weighted by Gasteiger charge is 2.01. The van der Waals surface area contributed by atoms with E-state index < -0.39 is 0 Å². The third-order valence-electron chi connectivity index (χ3n) is 3.09. The van der Waals surface area contributed by atoms with Crippen molar-refractivity contribution in [2.24, 2.45) is 0 Å². The molecule has 102 valence electrons. The molecule has 0 unspecified atom stereocenters. The van der Waals surface area contributed by atoms with E-state index in [1.165, 1.54) is 24.9 Å². The largest absolute Gasteiger partial charge is 0.497 e. The monoisotopic (exact) mass is 250 g/mol. The smallest absolute Gasteiger partial charge is 0.120 e. The first-order valence-electron chi connectivity index (χ1n) is 6.84.